The molecule has 3 saturated heterocycles. The molecule has 7 nitrogen and oxygen atoms in total. The fraction of sp³-hybridized carbons (Fsp3) is 0.533. The molecule has 0 radical (unpaired) electrons. The van der Waals surface area contributed by atoms with Crippen molar-refractivity contribution < 1.29 is 4.74 Å². The van der Waals surface area contributed by atoms with Gasteiger partial charge >= 0.3 is 6.01 Å². The number of fused-ring (bicyclic) bond motifs is 4. The highest BCUT2D eigenvalue weighted by atomic mass is 16.5. The average Bonchev–Trinajstić information content (AvgIpc) is 3.60. The van der Waals surface area contributed by atoms with E-state index in [0.717, 1.165) is 50.4 Å². The van der Waals surface area contributed by atoms with Gasteiger partial charge in [-0.05, 0) is 76.1 Å². The fourth-order valence-corrected chi connectivity index (χ4v) is 7.37. The van der Waals surface area contributed by atoms with Gasteiger partial charge in [-0.3, -0.25) is 0 Å². The lowest BCUT2D eigenvalue weighted by molar-refractivity contribution is 0.187. The summed E-state index contributed by atoms with van der Waals surface area (Å²) in [6.07, 6.45) is 6.78. The van der Waals surface area contributed by atoms with Gasteiger partial charge in [0.15, 0.2) is 0 Å². The van der Waals surface area contributed by atoms with Crippen LogP contribution in [0.25, 0.3) is 10.8 Å². The van der Waals surface area contributed by atoms with Crippen LogP contribution in [0.4, 0.5) is 11.5 Å². The quantitative estimate of drug-likeness (QED) is 0.569. The van der Waals surface area contributed by atoms with Crippen molar-refractivity contribution in [2.75, 3.05) is 36.5 Å². The van der Waals surface area contributed by atoms with Crippen molar-refractivity contribution in [3.8, 4) is 6.01 Å². The van der Waals surface area contributed by atoms with E-state index in [1.807, 2.05) is 0 Å². The van der Waals surface area contributed by atoms with Crippen LogP contribution in [0.15, 0.2) is 36.4 Å². The van der Waals surface area contributed by atoms with Crippen molar-refractivity contribution in [3.05, 3.63) is 53.2 Å². The number of likely N-dealkylation sites (tertiary alicyclic amines) is 1. The number of benzene rings is 2. The molecule has 0 aliphatic carbocycles. The molecule has 4 aliphatic heterocycles. The van der Waals surface area contributed by atoms with E-state index in [2.05, 4.69) is 65.1 Å². The number of aromatic nitrogens is 2. The Hall–Kier alpha value is -2.90. The first-order valence-corrected chi connectivity index (χ1v) is 14.1. The van der Waals surface area contributed by atoms with Gasteiger partial charge in [-0.1, -0.05) is 30.3 Å². The third kappa shape index (κ3) is 3.94. The average molecular weight is 499 g/mol. The van der Waals surface area contributed by atoms with Crippen LogP contribution in [0, 0.1) is 6.92 Å². The zero-order valence-corrected chi connectivity index (χ0v) is 22.1. The lowest BCUT2D eigenvalue weighted by Gasteiger charge is -2.35. The Kier molecular flexibility index (Phi) is 5.74. The first-order valence-electron chi connectivity index (χ1n) is 14.1. The Labute approximate surface area is 219 Å². The maximum Gasteiger partial charge on any atom is 0.318 e. The maximum atomic E-state index is 6.55. The monoisotopic (exact) mass is 498 g/mol. The van der Waals surface area contributed by atoms with Crippen LogP contribution in [0.3, 0.4) is 0 Å². The largest absolute Gasteiger partial charge is 0.462 e. The van der Waals surface area contributed by atoms with E-state index in [4.69, 9.17) is 20.4 Å². The van der Waals surface area contributed by atoms with Gasteiger partial charge in [0.2, 0.25) is 0 Å². The Morgan fingerprint density at radius 3 is 2.68 bits per heavy atom. The second kappa shape index (κ2) is 9.14. The Bertz CT molecular complexity index is 1320. The van der Waals surface area contributed by atoms with E-state index in [1.165, 1.54) is 46.8 Å². The summed E-state index contributed by atoms with van der Waals surface area (Å²) in [5, 5.41) is 2.63. The van der Waals surface area contributed by atoms with Crippen LogP contribution in [0.5, 0.6) is 6.01 Å². The summed E-state index contributed by atoms with van der Waals surface area (Å²) >= 11 is 0. The van der Waals surface area contributed by atoms with Gasteiger partial charge in [-0.15, -0.1) is 0 Å². The van der Waals surface area contributed by atoms with Crippen LogP contribution in [0.2, 0.25) is 0 Å². The molecule has 0 spiro atoms. The van der Waals surface area contributed by atoms with Gasteiger partial charge in [0, 0.05) is 47.3 Å². The van der Waals surface area contributed by atoms with Gasteiger partial charge < -0.3 is 25.2 Å². The third-order valence-electron chi connectivity index (χ3n) is 9.36. The standard InChI is InChI=1S/C30H38N6O/c1-19-6-3-7-20-8-4-10-27(28(19)20)35-15-13-23-25(17-35)32-30(37-18-22-9-5-14-34(22)2)33-29(23)36-21-11-12-26(36)24(31)16-21/h3-4,6-8,10,21-22,24,26H,5,9,11-18,31H2,1-2H3. The number of nitrogens with two attached hydrogens (primary N) is 1. The predicted octanol–water partition coefficient (Wildman–Crippen LogP) is 4.04. The van der Waals surface area contributed by atoms with E-state index in [1.54, 1.807) is 0 Å². The van der Waals surface area contributed by atoms with Crippen molar-refractivity contribution in [1.82, 2.24) is 14.9 Å². The molecule has 3 aromatic rings. The van der Waals surface area contributed by atoms with Gasteiger partial charge in [-0.2, -0.15) is 9.97 Å². The number of aryl methyl sites for hydroxylation is 1. The summed E-state index contributed by atoms with van der Waals surface area (Å²) in [6.45, 7) is 5.72. The second-order valence-corrected chi connectivity index (χ2v) is 11.6. The number of ether oxygens (including phenoxy) is 1. The van der Waals surface area contributed by atoms with Crippen LogP contribution in [-0.4, -0.2) is 65.8 Å². The van der Waals surface area contributed by atoms with E-state index >= 15 is 0 Å². The molecule has 0 amide bonds. The Morgan fingerprint density at radius 2 is 1.92 bits per heavy atom. The minimum atomic E-state index is 0.236. The molecular weight excluding hydrogens is 460 g/mol. The third-order valence-corrected chi connectivity index (χ3v) is 9.36. The van der Waals surface area contributed by atoms with Crippen LogP contribution in [-0.2, 0) is 13.0 Å². The SMILES string of the molecule is Cc1cccc2cccc(N3CCc4c(nc(OCC5CCCN5C)nc4N4C5CCC4C(N)C5)C3)c12. The highest BCUT2D eigenvalue weighted by Gasteiger charge is 2.46. The summed E-state index contributed by atoms with van der Waals surface area (Å²) in [4.78, 5) is 17.6. The molecule has 5 heterocycles. The Morgan fingerprint density at radius 1 is 1.05 bits per heavy atom. The molecule has 37 heavy (non-hydrogen) atoms. The van der Waals surface area contributed by atoms with Gasteiger partial charge in [0.1, 0.15) is 12.4 Å². The summed E-state index contributed by atoms with van der Waals surface area (Å²) in [5.41, 5.74) is 11.6. The van der Waals surface area contributed by atoms with Crippen molar-refractivity contribution in [1.29, 1.82) is 0 Å². The lowest BCUT2D eigenvalue weighted by atomic mass is 9.96. The smallest absolute Gasteiger partial charge is 0.318 e. The topological polar surface area (TPSA) is 70.8 Å². The molecule has 4 unspecified atom stereocenters. The zero-order chi connectivity index (χ0) is 25.1. The van der Waals surface area contributed by atoms with E-state index in [0.29, 0.717) is 30.7 Å². The lowest BCUT2D eigenvalue weighted by Crippen LogP contribution is -2.39. The molecular formula is C30H38N6O. The van der Waals surface area contributed by atoms with E-state index in [-0.39, 0.29) is 6.04 Å². The molecule has 3 fully saturated rings. The molecule has 0 saturated carbocycles. The Balaban J connectivity index is 1.25. The van der Waals surface area contributed by atoms with Crippen LogP contribution < -0.4 is 20.3 Å². The highest BCUT2D eigenvalue weighted by molar-refractivity contribution is 5.97. The summed E-state index contributed by atoms with van der Waals surface area (Å²) < 4.78 is 6.33. The molecule has 4 aliphatic rings. The number of hydrogen-bond acceptors (Lipinski definition) is 7. The van der Waals surface area contributed by atoms with Crippen molar-refractivity contribution >= 4 is 22.3 Å². The predicted molar refractivity (Wildman–Crippen MR) is 148 cm³/mol. The van der Waals surface area contributed by atoms with E-state index < -0.39 is 0 Å². The maximum absolute atomic E-state index is 6.55. The molecule has 4 atom stereocenters. The summed E-state index contributed by atoms with van der Waals surface area (Å²) in [6, 6.07) is 15.3. The first kappa shape index (κ1) is 23.2. The molecule has 7 rings (SSSR count). The van der Waals surface area contributed by atoms with Crippen molar-refractivity contribution in [2.45, 2.75) is 76.2 Å². The van der Waals surface area contributed by atoms with Gasteiger partial charge in [0.25, 0.3) is 0 Å². The molecule has 1 aromatic heterocycles. The summed E-state index contributed by atoms with van der Waals surface area (Å²) in [5.74, 6) is 1.09. The van der Waals surface area contributed by atoms with Crippen LogP contribution >= 0.6 is 0 Å². The zero-order valence-electron chi connectivity index (χ0n) is 22.1. The molecule has 7 heteroatoms. The van der Waals surface area contributed by atoms with Crippen molar-refractivity contribution in [3.63, 3.8) is 0 Å². The van der Waals surface area contributed by atoms with Crippen LogP contribution in [0.1, 0.15) is 48.9 Å². The minimum absolute atomic E-state index is 0.236. The van der Waals surface area contributed by atoms with Gasteiger partial charge in [0.05, 0.1) is 12.2 Å². The number of hydrogen-bond donors (Lipinski definition) is 1. The number of rotatable bonds is 5. The molecule has 194 valence electrons. The normalized spacial score (nSPS) is 27.3. The molecule has 2 N–H and O–H groups in total. The highest BCUT2D eigenvalue weighted by Crippen LogP contribution is 2.43. The van der Waals surface area contributed by atoms with Crippen molar-refractivity contribution in [2.24, 2.45) is 5.73 Å². The minimum Gasteiger partial charge on any atom is -0.462 e. The number of likely N-dealkylation sites (N-methyl/N-ethyl adjacent to an activating group) is 1. The first-order chi connectivity index (χ1) is 18.1. The molecule has 2 bridgehead atoms. The van der Waals surface area contributed by atoms with Gasteiger partial charge in [-0.25, -0.2) is 0 Å². The van der Waals surface area contributed by atoms with E-state index in [9.17, 15) is 0 Å². The summed E-state index contributed by atoms with van der Waals surface area (Å²) in [7, 11) is 2.19. The fourth-order valence-electron chi connectivity index (χ4n) is 7.37. The molecule has 2 aromatic carbocycles. The second-order valence-electron chi connectivity index (χ2n) is 11.6. The number of nitrogens with zero attached hydrogens (tertiary/aromatic N) is 5. The number of anilines is 2.